The third kappa shape index (κ3) is 5.57. The first kappa shape index (κ1) is 22.1. The van der Waals surface area contributed by atoms with Gasteiger partial charge in [-0.2, -0.15) is 0 Å². The molecule has 5 rings (SSSR count). The number of rotatable bonds is 6. The van der Waals surface area contributed by atoms with Crippen LogP contribution in [0, 0.1) is 5.92 Å². The van der Waals surface area contributed by atoms with Gasteiger partial charge in [0, 0.05) is 27.0 Å². The summed E-state index contributed by atoms with van der Waals surface area (Å²) in [6.07, 6.45) is 2.99. The molecular formula is C24H32N2O6. The first-order valence-electron chi connectivity index (χ1n) is 10.8. The summed E-state index contributed by atoms with van der Waals surface area (Å²) in [6.45, 7) is 1.17. The molecular weight excluding hydrogens is 412 g/mol. The maximum Gasteiger partial charge on any atom is 0.251 e. The molecule has 2 heterocycles. The molecule has 0 unspecified atom stereocenters. The fourth-order valence-electron chi connectivity index (χ4n) is 3.71. The monoisotopic (exact) mass is 444 g/mol. The molecule has 2 aromatic carbocycles. The van der Waals surface area contributed by atoms with Gasteiger partial charge in [0.2, 0.25) is 5.91 Å². The van der Waals surface area contributed by atoms with E-state index in [1.165, 1.54) is 0 Å². The van der Waals surface area contributed by atoms with E-state index in [-0.39, 0.29) is 38.8 Å². The number of carbonyl (C=O) groups excluding carboxylic acids is 2. The van der Waals surface area contributed by atoms with Crippen molar-refractivity contribution in [1.29, 1.82) is 0 Å². The van der Waals surface area contributed by atoms with E-state index < -0.39 is 0 Å². The van der Waals surface area contributed by atoms with E-state index in [9.17, 15) is 9.59 Å². The zero-order chi connectivity index (χ0) is 22.5. The van der Waals surface area contributed by atoms with Crippen LogP contribution in [0.2, 0.25) is 0 Å². The Morgan fingerprint density at radius 1 is 1.03 bits per heavy atom. The van der Waals surface area contributed by atoms with E-state index in [1.54, 1.807) is 31.4 Å². The standard InChI is InChI=1S/C20H21NO5.C4H7NO.2H2/c1-23-14-5-3-7-16(11-14)26-15-6-2-4-13(10-15)20(22)21-17-12-25-18-8-9-24-19(17)18;5-4(6)3-1-2-3;;/h2-7,10-11,17-19H,8-9,12H2,1H3,(H,21,22);3H,1-2H2,(H2,5,6);2*1H/t17-,18+,19+;;;/m0.../s1. The first-order valence-corrected chi connectivity index (χ1v) is 10.8. The average molecular weight is 445 g/mol. The minimum Gasteiger partial charge on any atom is -0.497 e. The molecule has 8 heteroatoms. The summed E-state index contributed by atoms with van der Waals surface area (Å²) in [5.41, 5.74) is 5.39. The Labute approximate surface area is 189 Å². The van der Waals surface area contributed by atoms with Gasteiger partial charge in [0.25, 0.3) is 5.91 Å². The summed E-state index contributed by atoms with van der Waals surface area (Å²) in [5, 5.41) is 3.01. The molecule has 2 aromatic rings. The molecule has 3 fully saturated rings. The fraction of sp³-hybridized carbons (Fsp3) is 0.417. The van der Waals surface area contributed by atoms with Crippen molar-refractivity contribution >= 4 is 11.8 Å². The van der Waals surface area contributed by atoms with Crippen molar-refractivity contribution in [3.8, 4) is 17.2 Å². The van der Waals surface area contributed by atoms with Crippen molar-refractivity contribution in [2.24, 2.45) is 11.7 Å². The second-order valence-corrected chi connectivity index (χ2v) is 8.06. The number of primary amides is 1. The van der Waals surface area contributed by atoms with Crippen molar-refractivity contribution < 1.29 is 31.4 Å². The summed E-state index contributed by atoms with van der Waals surface area (Å²) < 4.78 is 22.4. The number of nitrogens with two attached hydrogens (primary N) is 1. The van der Waals surface area contributed by atoms with Crippen LogP contribution >= 0.6 is 0 Å². The van der Waals surface area contributed by atoms with E-state index >= 15 is 0 Å². The first-order chi connectivity index (χ1) is 15.5. The molecule has 2 saturated heterocycles. The SMILES string of the molecule is COc1cccc(Oc2cccc(C(=O)N[C@H]3CO[C@@H]4CCO[C@H]34)c2)c1.NC(=O)C1CC1.[HH].[HH]. The highest BCUT2D eigenvalue weighted by Gasteiger charge is 2.42. The van der Waals surface area contributed by atoms with E-state index in [4.69, 9.17) is 24.7 Å². The van der Waals surface area contributed by atoms with Crippen LogP contribution in [0.5, 0.6) is 17.2 Å². The van der Waals surface area contributed by atoms with E-state index in [1.807, 2.05) is 24.3 Å². The number of ether oxygens (including phenoxy) is 4. The molecule has 0 radical (unpaired) electrons. The average Bonchev–Trinajstić information content (AvgIpc) is 3.45. The van der Waals surface area contributed by atoms with Crippen molar-refractivity contribution in [3.05, 3.63) is 54.1 Å². The molecule has 3 atom stereocenters. The van der Waals surface area contributed by atoms with Gasteiger partial charge in [-0.05, 0) is 49.6 Å². The molecule has 3 aliphatic rings. The van der Waals surface area contributed by atoms with Crippen LogP contribution in [0.3, 0.4) is 0 Å². The maximum atomic E-state index is 12.6. The number of fused-ring (bicyclic) bond motifs is 1. The highest BCUT2D eigenvalue weighted by atomic mass is 16.6. The molecule has 8 nitrogen and oxygen atoms in total. The lowest BCUT2D eigenvalue weighted by Gasteiger charge is -2.17. The quantitative estimate of drug-likeness (QED) is 0.708. The van der Waals surface area contributed by atoms with Crippen molar-refractivity contribution in [3.63, 3.8) is 0 Å². The Kier molecular flexibility index (Phi) is 6.92. The van der Waals surface area contributed by atoms with Crippen LogP contribution in [-0.4, -0.2) is 50.4 Å². The smallest absolute Gasteiger partial charge is 0.251 e. The van der Waals surface area contributed by atoms with Gasteiger partial charge in [-0.25, -0.2) is 0 Å². The number of carbonyl (C=O) groups is 2. The predicted molar refractivity (Wildman–Crippen MR) is 121 cm³/mol. The summed E-state index contributed by atoms with van der Waals surface area (Å²) in [5.74, 6) is 1.89. The summed E-state index contributed by atoms with van der Waals surface area (Å²) in [7, 11) is 1.61. The Balaban J connectivity index is 0.000000448. The highest BCUT2D eigenvalue weighted by molar-refractivity contribution is 5.94. The van der Waals surface area contributed by atoms with Gasteiger partial charge in [-0.3, -0.25) is 9.59 Å². The number of hydrogen-bond donors (Lipinski definition) is 2. The zero-order valence-electron chi connectivity index (χ0n) is 18.0. The van der Waals surface area contributed by atoms with Gasteiger partial charge in [0.15, 0.2) is 0 Å². The van der Waals surface area contributed by atoms with Crippen molar-refractivity contribution in [2.75, 3.05) is 20.3 Å². The Morgan fingerprint density at radius 3 is 2.44 bits per heavy atom. The summed E-state index contributed by atoms with van der Waals surface area (Å²) in [6, 6.07) is 14.3. The topological polar surface area (TPSA) is 109 Å². The van der Waals surface area contributed by atoms with Gasteiger partial charge in [-0.1, -0.05) is 12.1 Å². The Morgan fingerprint density at radius 2 is 1.75 bits per heavy atom. The molecule has 0 spiro atoms. The van der Waals surface area contributed by atoms with Crippen LogP contribution < -0.4 is 20.5 Å². The van der Waals surface area contributed by atoms with Crippen LogP contribution in [0.15, 0.2) is 48.5 Å². The zero-order valence-corrected chi connectivity index (χ0v) is 18.0. The third-order valence-electron chi connectivity index (χ3n) is 5.63. The molecule has 1 saturated carbocycles. The van der Waals surface area contributed by atoms with E-state index in [0.29, 0.717) is 36.0 Å². The lowest BCUT2D eigenvalue weighted by atomic mass is 10.1. The van der Waals surface area contributed by atoms with Crippen LogP contribution in [0.4, 0.5) is 0 Å². The van der Waals surface area contributed by atoms with E-state index in [2.05, 4.69) is 5.32 Å². The second kappa shape index (κ2) is 10.0. The van der Waals surface area contributed by atoms with Gasteiger partial charge in [0.05, 0.1) is 25.9 Å². The Hall–Kier alpha value is -3.10. The molecule has 0 bridgehead atoms. The van der Waals surface area contributed by atoms with Gasteiger partial charge >= 0.3 is 0 Å². The second-order valence-electron chi connectivity index (χ2n) is 8.06. The third-order valence-corrected chi connectivity index (χ3v) is 5.63. The molecule has 1 aliphatic carbocycles. The largest absolute Gasteiger partial charge is 0.497 e. The summed E-state index contributed by atoms with van der Waals surface area (Å²) >= 11 is 0. The van der Waals surface area contributed by atoms with Gasteiger partial charge in [0.1, 0.15) is 23.4 Å². The normalized spacial score (nSPS) is 23.5. The lowest BCUT2D eigenvalue weighted by molar-refractivity contribution is -0.119. The Bertz CT molecular complexity index is 972. The molecule has 2 amide bonds. The number of nitrogens with one attached hydrogen (secondary N) is 1. The minimum atomic E-state index is -0.161. The minimum absolute atomic E-state index is 0. The lowest BCUT2D eigenvalue weighted by Crippen LogP contribution is -2.43. The van der Waals surface area contributed by atoms with Crippen LogP contribution in [0.1, 0.15) is 32.5 Å². The van der Waals surface area contributed by atoms with Crippen LogP contribution in [-0.2, 0) is 14.3 Å². The fourth-order valence-corrected chi connectivity index (χ4v) is 3.71. The number of methoxy groups -OCH3 is 1. The molecule has 32 heavy (non-hydrogen) atoms. The van der Waals surface area contributed by atoms with Gasteiger partial charge in [-0.15, -0.1) is 0 Å². The molecule has 2 aliphatic heterocycles. The highest BCUT2D eigenvalue weighted by Crippen LogP contribution is 2.28. The van der Waals surface area contributed by atoms with E-state index in [0.717, 1.165) is 19.3 Å². The number of hydrogen-bond acceptors (Lipinski definition) is 6. The molecule has 174 valence electrons. The molecule has 3 N–H and O–H groups in total. The predicted octanol–water partition coefficient (Wildman–Crippen LogP) is 3.15. The van der Waals surface area contributed by atoms with Crippen LogP contribution in [0.25, 0.3) is 0 Å². The van der Waals surface area contributed by atoms with Crippen molar-refractivity contribution in [1.82, 2.24) is 5.32 Å². The number of amides is 2. The number of benzene rings is 2. The van der Waals surface area contributed by atoms with Gasteiger partial charge < -0.3 is 30.0 Å². The maximum absolute atomic E-state index is 12.6. The summed E-state index contributed by atoms with van der Waals surface area (Å²) in [4.78, 5) is 22.6. The molecule has 0 aromatic heterocycles. The van der Waals surface area contributed by atoms with Crippen molar-refractivity contribution in [2.45, 2.75) is 37.5 Å².